The van der Waals surface area contributed by atoms with Crippen molar-refractivity contribution in [2.45, 2.75) is 103 Å². The van der Waals surface area contributed by atoms with E-state index in [0.29, 0.717) is 76.1 Å². The molecule has 18 heteroatoms. The van der Waals surface area contributed by atoms with Gasteiger partial charge in [-0.2, -0.15) is 9.46 Å². The lowest BCUT2D eigenvalue weighted by Crippen LogP contribution is -2.52. The highest BCUT2D eigenvalue weighted by molar-refractivity contribution is 9.10. The molecule has 4 aromatic rings. The van der Waals surface area contributed by atoms with Gasteiger partial charge < -0.3 is 35.2 Å². The molecule has 6 aliphatic rings. The van der Waals surface area contributed by atoms with Crippen molar-refractivity contribution < 1.29 is 28.6 Å². The number of likely N-dealkylation sites (tertiary alicyclic amines) is 1. The van der Waals surface area contributed by atoms with Crippen LogP contribution in [0.4, 0.5) is 4.79 Å². The molecule has 392 valence electrons. The maximum atomic E-state index is 13.3. The molecule has 2 atom stereocenters. The molecule has 0 bridgehead atoms. The maximum absolute atomic E-state index is 13.3. The lowest BCUT2D eigenvalue weighted by molar-refractivity contribution is -0.617. The molecule has 1 N–H and O–H groups in total. The Morgan fingerprint density at radius 3 is 1.44 bits per heavy atom. The van der Waals surface area contributed by atoms with Gasteiger partial charge in [-0.25, -0.2) is 4.79 Å². The summed E-state index contributed by atoms with van der Waals surface area (Å²) in [5.41, 5.74) is 7.80. The number of carbonyl (C=O) groups is 3. The van der Waals surface area contributed by atoms with Crippen molar-refractivity contribution in [3.63, 3.8) is 0 Å². The molecule has 2 unspecified atom stereocenters. The molecule has 0 saturated carbocycles. The molecule has 73 heavy (non-hydrogen) atoms. The third-order valence-corrected chi connectivity index (χ3v) is 16.9. The smallest absolute Gasteiger partial charge is 0.410 e. The van der Waals surface area contributed by atoms with Crippen LogP contribution in [-0.4, -0.2) is 127 Å². The molecule has 10 rings (SSSR count). The maximum Gasteiger partial charge on any atom is 0.410 e. The second-order valence-electron chi connectivity index (χ2n) is 21.6. The third kappa shape index (κ3) is 13.0. The van der Waals surface area contributed by atoms with Crippen LogP contribution in [0.5, 0.6) is 0 Å². The Kier molecular flexibility index (Phi) is 17.3. The number of piperidine rings is 2. The van der Waals surface area contributed by atoms with E-state index < -0.39 is 5.60 Å². The van der Waals surface area contributed by atoms with Gasteiger partial charge in [-0.1, -0.05) is 35.3 Å². The van der Waals surface area contributed by atoms with E-state index in [4.69, 9.17) is 27.9 Å². The molecule has 2 aliphatic carbocycles. The van der Waals surface area contributed by atoms with Crippen LogP contribution in [0.15, 0.2) is 69.9 Å². The van der Waals surface area contributed by atoms with Crippen LogP contribution in [0.3, 0.4) is 0 Å². The first-order chi connectivity index (χ1) is 35.0. The van der Waals surface area contributed by atoms with Crippen molar-refractivity contribution in [2.24, 2.45) is 11.8 Å². The lowest BCUT2D eigenvalue weighted by Gasteiger charge is -2.40. The number of pyridine rings is 2. The number of piperazine rings is 2. The molecule has 6 heterocycles. The molecule has 0 spiro atoms. The van der Waals surface area contributed by atoms with Gasteiger partial charge in [0.25, 0.3) is 0 Å². The Morgan fingerprint density at radius 1 is 0.603 bits per heavy atom. The van der Waals surface area contributed by atoms with Crippen molar-refractivity contribution in [1.82, 2.24) is 29.8 Å². The SMILES string of the molecule is CC(C)(C)OC(=O)N1CCC(CC(=O)N2CCN(C3c4ccc(Cl)cc4CCc4cc(Br)c[n+]([O-])c43)CC2)CC1.O=C(CC1CCNCC1)N1CCN(C2c3ccc(Cl)cc3CCc3cc(Br)c[n+]([O-])c32)CC1. The van der Waals surface area contributed by atoms with Gasteiger partial charge >= 0.3 is 6.09 Å². The number of nitrogens with zero attached hydrogens (tertiary/aromatic N) is 7. The lowest BCUT2D eigenvalue weighted by atomic mass is 9.93. The molecular weight excluding hydrogens is 1100 g/mol. The number of fused-ring (bicyclic) bond motifs is 4. The number of ether oxygens (including phenoxy) is 1. The van der Waals surface area contributed by atoms with E-state index >= 15 is 0 Å². The Hall–Kier alpha value is -4.03. The molecule has 0 radical (unpaired) electrons. The number of benzene rings is 2. The number of rotatable bonds is 6. The molecule has 4 saturated heterocycles. The zero-order valence-electron chi connectivity index (χ0n) is 42.2. The standard InChI is InChI=1S/C30H38BrClN4O4.C25H30BrClN4O2/c1-30(2,3)40-29(38)35-10-8-20(9-11-35)16-26(37)33-12-14-34(15-13-33)28-25-7-6-24(32)18-21(25)4-5-22-17-23(31)19-36(39)27(22)28;26-20-14-19-2-1-18-15-21(27)3-4-22(18)25(24(19)31(33)16-20)30-11-9-29(10-12-30)23(32)13-17-5-7-28-8-6-17/h6-7,17-20,28H,4-5,8-16H2,1-3H3;3-4,14-17,25,28H,1-2,5-13H2. The van der Waals surface area contributed by atoms with Crippen molar-refractivity contribution in [2.75, 3.05) is 78.5 Å². The average Bonchev–Trinajstić information content (AvgIpc) is 3.62. The van der Waals surface area contributed by atoms with Crippen LogP contribution in [0.25, 0.3) is 0 Å². The fourth-order valence-corrected chi connectivity index (χ4v) is 13.1. The highest BCUT2D eigenvalue weighted by Gasteiger charge is 2.40. The first-order valence-electron chi connectivity index (χ1n) is 26.1. The molecule has 2 aromatic heterocycles. The summed E-state index contributed by atoms with van der Waals surface area (Å²) in [6.45, 7) is 14.4. The minimum atomic E-state index is -0.509. The van der Waals surface area contributed by atoms with Gasteiger partial charge in [-0.15, -0.1) is 0 Å². The Morgan fingerprint density at radius 2 is 1.01 bits per heavy atom. The summed E-state index contributed by atoms with van der Waals surface area (Å²) in [4.78, 5) is 49.0. The summed E-state index contributed by atoms with van der Waals surface area (Å²) in [6.07, 6.45) is 11.1. The van der Waals surface area contributed by atoms with Gasteiger partial charge in [0, 0.05) is 99.5 Å². The van der Waals surface area contributed by atoms with E-state index in [1.807, 2.05) is 54.8 Å². The fraction of sp³-hybridized carbons (Fsp3) is 0.545. The van der Waals surface area contributed by atoms with Crippen LogP contribution in [-0.2, 0) is 40.0 Å². The number of hydrogen-bond acceptors (Lipinski definition) is 9. The van der Waals surface area contributed by atoms with Crippen LogP contribution in [0.1, 0.15) is 116 Å². The third-order valence-electron chi connectivity index (χ3n) is 15.6. The highest BCUT2D eigenvalue weighted by Crippen LogP contribution is 2.40. The Labute approximate surface area is 456 Å². The van der Waals surface area contributed by atoms with Gasteiger partial charge in [0.05, 0.1) is 8.95 Å². The molecule has 4 fully saturated rings. The van der Waals surface area contributed by atoms with Crippen LogP contribution < -0.4 is 14.8 Å². The van der Waals surface area contributed by atoms with Gasteiger partial charge in [-0.3, -0.25) is 19.4 Å². The van der Waals surface area contributed by atoms with Crippen molar-refractivity contribution in [1.29, 1.82) is 0 Å². The summed E-state index contributed by atoms with van der Waals surface area (Å²) < 4.78 is 9.11. The van der Waals surface area contributed by atoms with E-state index in [1.165, 1.54) is 11.1 Å². The fourth-order valence-electron chi connectivity index (χ4n) is 11.8. The number of amides is 3. The van der Waals surface area contributed by atoms with Crippen LogP contribution in [0.2, 0.25) is 10.0 Å². The predicted octanol–water partition coefficient (Wildman–Crippen LogP) is 8.56. The second kappa shape index (κ2) is 23.5. The van der Waals surface area contributed by atoms with E-state index in [1.54, 1.807) is 17.3 Å². The Balaban J connectivity index is 0.000000183. The number of nitrogens with one attached hydrogen (secondary N) is 1. The van der Waals surface area contributed by atoms with Crippen molar-refractivity contribution in [3.8, 4) is 0 Å². The zero-order valence-corrected chi connectivity index (χ0v) is 46.9. The summed E-state index contributed by atoms with van der Waals surface area (Å²) in [6, 6.07) is 15.8. The predicted molar refractivity (Wildman–Crippen MR) is 289 cm³/mol. The summed E-state index contributed by atoms with van der Waals surface area (Å²) in [7, 11) is 0. The summed E-state index contributed by atoms with van der Waals surface area (Å²) in [5, 5.41) is 31.2. The highest BCUT2D eigenvalue weighted by atomic mass is 79.9. The molecule has 14 nitrogen and oxygen atoms in total. The number of aromatic nitrogens is 2. The topological polar surface area (TPSA) is 143 Å². The van der Waals surface area contributed by atoms with E-state index in [0.717, 1.165) is 135 Å². The van der Waals surface area contributed by atoms with E-state index in [-0.39, 0.29) is 35.9 Å². The first kappa shape index (κ1) is 53.8. The van der Waals surface area contributed by atoms with Gasteiger partial charge in [0.15, 0.2) is 12.4 Å². The first-order valence-corrected chi connectivity index (χ1v) is 28.4. The normalized spacial score (nSPS) is 21.1. The minimum Gasteiger partial charge on any atom is -0.618 e. The molecule has 4 aliphatic heterocycles. The summed E-state index contributed by atoms with van der Waals surface area (Å²) in [5.74, 6) is 1.22. The van der Waals surface area contributed by atoms with E-state index in [2.05, 4.69) is 71.2 Å². The van der Waals surface area contributed by atoms with Gasteiger partial charge in [0.1, 0.15) is 17.7 Å². The van der Waals surface area contributed by atoms with Gasteiger partial charge in [-0.05, 0) is 188 Å². The van der Waals surface area contributed by atoms with Crippen LogP contribution >= 0.6 is 55.1 Å². The molecular formula is C55H68Br2Cl2N8O6. The zero-order chi connectivity index (χ0) is 51.6. The quantitative estimate of drug-likeness (QED) is 0.149. The van der Waals surface area contributed by atoms with Crippen LogP contribution in [0, 0.1) is 22.3 Å². The van der Waals surface area contributed by atoms with E-state index in [9.17, 15) is 24.8 Å². The number of hydrogen-bond donors (Lipinski definition) is 1. The second-order valence-corrected chi connectivity index (χ2v) is 24.3. The molecule has 2 aromatic carbocycles. The summed E-state index contributed by atoms with van der Waals surface area (Å²) >= 11 is 19.7. The largest absolute Gasteiger partial charge is 0.618 e. The number of halogens is 4. The van der Waals surface area contributed by atoms with Crippen molar-refractivity contribution >= 4 is 73.0 Å². The van der Waals surface area contributed by atoms with Crippen molar-refractivity contribution in [3.05, 3.63) is 135 Å². The minimum absolute atomic E-state index is 0.137. The molecule has 3 amide bonds. The van der Waals surface area contributed by atoms with Gasteiger partial charge in [0.2, 0.25) is 23.2 Å². The Bertz CT molecular complexity index is 2660. The number of aryl methyl sites for hydroxylation is 4. The number of carbonyl (C=O) groups excluding carboxylic acids is 3. The average molecular weight is 1170 g/mol. The monoisotopic (exact) mass is 1160 g/mol.